The van der Waals surface area contributed by atoms with Gasteiger partial charge in [-0.3, -0.25) is 4.79 Å². The lowest BCUT2D eigenvalue weighted by molar-refractivity contribution is 0.0442. The molecule has 5 aromatic rings. The van der Waals surface area contributed by atoms with E-state index in [4.69, 9.17) is 32.8 Å². The van der Waals surface area contributed by atoms with Crippen LogP contribution < -0.4 is 29.1 Å². The standard InChI is InChI=1S/C58H70O12/c1-3-5-7-9-11-13-15-17-19-21-39-64-48-31-23-45(24-32-48)56(61)68-50-35-27-44(28-36-50)55(60)67-42-52-41-53(59)54(43-66-52)70-58(63)47-29-37-51(38-30-47)69-57(62)46-25-33-49(34-26-46)65-40-22-20-18-16-14-12-10-8-6-4-2/h23-38,41,43H,3-22,39-40,42H2,1-2H3. The number of carbonyl (C=O) groups excluding carboxylic acids is 4. The van der Waals surface area contributed by atoms with Gasteiger partial charge in [0.15, 0.2) is 0 Å². The molecule has 0 amide bonds. The highest BCUT2D eigenvalue weighted by molar-refractivity contribution is 5.93. The Morgan fingerprint density at radius 2 is 0.729 bits per heavy atom. The Hall–Kier alpha value is -6.69. The Kier molecular flexibility index (Phi) is 24.4. The molecule has 0 bridgehead atoms. The van der Waals surface area contributed by atoms with E-state index in [1.54, 1.807) is 48.5 Å². The minimum Gasteiger partial charge on any atom is -0.494 e. The van der Waals surface area contributed by atoms with Crippen molar-refractivity contribution in [3.05, 3.63) is 148 Å². The first-order valence-corrected chi connectivity index (χ1v) is 25.3. The molecule has 0 fully saturated rings. The summed E-state index contributed by atoms with van der Waals surface area (Å²) in [5, 5.41) is 0. The summed E-state index contributed by atoms with van der Waals surface area (Å²) in [6, 6.07) is 26.1. The number of hydrogen-bond donors (Lipinski definition) is 0. The molecule has 1 heterocycles. The zero-order valence-corrected chi connectivity index (χ0v) is 41.1. The maximum absolute atomic E-state index is 12.8. The van der Waals surface area contributed by atoms with E-state index in [0.29, 0.717) is 35.8 Å². The van der Waals surface area contributed by atoms with Crippen molar-refractivity contribution < 1.29 is 52.0 Å². The lowest BCUT2D eigenvalue weighted by Gasteiger charge is -2.09. The molecule has 0 aliphatic heterocycles. The molecule has 0 unspecified atom stereocenters. The van der Waals surface area contributed by atoms with Crippen molar-refractivity contribution in [3.8, 4) is 28.7 Å². The molecule has 70 heavy (non-hydrogen) atoms. The summed E-state index contributed by atoms with van der Waals surface area (Å²) in [5.74, 6) is -1.25. The number of esters is 4. The molecular weight excluding hydrogens is 889 g/mol. The third-order valence-electron chi connectivity index (χ3n) is 11.7. The van der Waals surface area contributed by atoms with Crippen molar-refractivity contribution >= 4 is 23.9 Å². The van der Waals surface area contributed by atoms with Crippen LogP contribution in [0.4, 0.5) is 0 Å². The van der Waals surface area contributed by atoms with Gasteiger partial charge in [-0.05, 0) is 110 Å². The second-order valence-corrected chi connectivity index (χ2v) is 17.5. The Morgan fingerprint density at radius 3 is 1.10 bits per heavy atom. The van der Waals surface area contributed by atoms with Gasteiger partial charge in [0, 0.05) is 6.07 Å². The third-order valence-corrected chi connectivity index (χ3v) is 11.7. The van der Waals surface area contributed by atoms with E-state index in [2.05, 4.69) is 13.8 Å². The molecule has 12 heteroatoms. The van der Waals surface area contributed by atoms with Crippen LogP contribution in [0.3, 0.4) is 0 Å². The normalized spacial score (nSPS) is 10.9. The van der Waals surface area contributed by atoms with Crippen LogP contribution in [0.1, 0.15) is 189 Å². The van der Waals surface area contributed by atoms with Crippen molar-refractivity contribution in [2.24, 2.45) is 0 Å². The third kappa shape index (κ3) is 20.1. The lowest BCUT2D eigenvalue weighted by Crippen LogP contribution is -2.15. The van der Waals surface area contributed by atoms with Crippen molar-refractivity contribution in [1.29, 1.82) is 0 Å². The minimum absolute atomic E-state index is 0.0107. The fourth-order valence-corrected chi connectivity index (χ4v) is 7.55. The van der Waals surface area contributed by atoms with Gasteiger partial charge in [0.1, 0.15) is 41.6 Å². The number of ether oxygens (including phenoxy) is 6. The predicted octanol–water partition coefficient (Wildman–Crippen LogP) is 14.3. The van der Waals surface area contributed by atoms with E-state index in [9.17, 15) is 24.0 Å². The molecule has 12 nitrogen and oxygen atoms in total. The smallest absolute Gasteiger partial charge is 0.343 e. The summed E-state index contributed by atoms with van der Waals surface area (Å²) in [5.41, 5.74) is 0.280. The van der Waals surface area contributed by atoms with Gasteiger partial charge < -0.3 is 32.8 Å². The van der Waals surface area contributed by atoms with Crippen LogP contribution in [-0.2, 0) is 11.3 Å². The largest absolute Gasteiger partial charge is 0.494 e. The van der Waals surface area contributed by atoms with Gasteiger partial charge in [-0.2, -0.15) is 0 Å². The highest BCUT2D eigenvalue weighted by atomic mass is 16.6. The maximum Gasteiger partial charge on any atom is 0.343 e. The van der Waals surface area contributed by atoms with Gasteiger partial charge in [0.25, 0.3) is 0 Å². The molecule has 0 aliphatic carbocycles. The van der Waals surface area contributed by atoms with Gasteiger partial charge in [0.2, 0.25) is 11.2 Å². The molecule has 5 rings (SSSR count). The Morgan fingerprint density at radius 1 is 0.400 bits per heavy atom. The first-order valence-electron chi connectivity index (χ1n) is 25.3. The van der Waals surface area contributed by atoms with Gasteiger partial charge in [-0.15, -0.1) is 0 Å². The molecule has 4 aromatic carbocycles. The lowest BCUT2D eigenvalue weighted by atomic mass is 10.1. The van der Waals surface area contributed by atoms with E-state index in [-0.39, 0.29) is 40.7 Å². The number of benzene rings is 4. The number of hydrogen-bond acceptors (Lipinski definition) is 12. The number of rotatable bonds is 33. The zero-order valence-electron chi connectivity index (χ0n) is 41.1. The topological polar surface area (TPSA) is 154 Å². The molecule has 374 valence electrons. The highest BCUT2D eigenvalue weighted by Crippen LogP contribution is 2.21. The fourth-order valence-electron chi connectivity index (χ4n) is 7.55. The van der Waals surface area contributed by atoms with Crippen LogP contribution in [0.25, 0.3) is 0 Å². The van der Waals surface area contributed by atoms with Gasteiger partial charge in [-0.25, -0.2) is 19.2 Å². The van der Waals surface area contributed by atoms with Crippen LogP contribution in [0, 0.1) is 0 Å². The summed E-state index contributed by atoms with van der Waals surface area (Å²) < 4.78 is 38.6. The minimum atomic E-state index is -0.843. The van der Waals surface area contributed by atoms with Gasteiger partial charge >= 0.3 is 23.9 Å². The second-order valence-electron chi connectivity index (χ2n) is 17.5. The molecule has 0 aliphatic rings. The molecular formula is C58H70O12. The van der Waals surface area contributed by atoms with E-state index >= 15 is 0 Å². The molecule has 1 aromatic heterocycles. The van der Waals surface area contributed by atoms with E-state index in [1.165, 1.54) is 151 Å². The first-order chi connectivity index (χ1) is 34.2. The van der Waals surface area contributed by atoms with Gasteiger partial charge in [-0.1, -0.05) is 129 Å². The summed E-state index contributed by atoms with van der Waals surface area (Å²) >= 11 is 0. The Bertz CT molecular complexity index is 2370. The number of carbonyl (C=O) groups is 4. The molecule has 0 N–H and O–H groups in total. The van der Waals surface area contributed by atoms with Crippen molar-refractivity contribution in [3.63, 3.8) is 0 Å². The van der Waals surface area contributed by atoms with Crippen LogP contribution in [-0.4, -0.2) is 37.1 Å². The summed E-state index contributed by atoms with van der Waals surface area (Å²) in [6.45, 7) is 5.34. The van der Waals surface area contributed by atoms with Crippen molar-refractivity contribution in [2.45, 2.75) is 149 Å². The SMILES string of the molecule is CCCCCCCCCCCCOc1ccc(C(=O)Oc2ccc(C(=O)OCc3cc(=O)c(OC(=O)c4ccc(OC(=O)c5ccc(OCCCCCCCCCCCC)cc5)cc4)co3)cc2)cc1. The second kappa shape index (κ2) is 31.4. The monoisotopic (exact) mass is 958 g/mol. The van der Waals surface area contributed by atoms with Crippen molar-refractivity contribution in [1.82, 2.24) is 0 Å². The van der Waals surface area contributed by atoms with Crippen LogP contribution in [0.15, 0.2) is 119 Å². The zero-order chi connectivity index (χ0) is 49.6. The average molecular weight is 959 g/mol. The van der Waals surface area contributed by atoms with Crippen LogP contribution >= 0.6 is 0 Å². The predicted molar refractivity (Wildman–Crippen MR) is 269 cm³/mol. The van der Waals surface area contributed by atoms with Gasteiger partial charge in [0.05, 0.1) is 35.5 Å². The number of unbranched alkanes of at least 4 members (excludes halogenated alkanes) is 18. The summed E-state index contributed by atoms with van der Waals surface area (Å²) in [7, 11) is 0. The quantitative estimate of drug-likeness (QED) is 0.0223. The van der Waals surface area contributed by atoms with Crippen LogP contribution in [0.2, 0.25) is 0 Å². The first kappa shape index (κ1) is 54.3. The van der Waals surface area contributed by atoms with E-state index in [0.717, 1.165) is 38.0 Å². The Balaban J connectivity index is 0.958. The molecule has 0 radical (unpaired) electrons. The molecule has 0 atom stereocenters. The van der Waals surface area contributed by atoms with Crippen LogP contribution in [0.5, 0.6) is 28.7 Å². The fraction of sp³-hybridized carbons (Fsp3) is 0.431. The highest BCUT2D eigenvalue weighted by Gasteiger charge is 2.17. The summed E-state index contributed by atoms with van der Waals surface area (Å²) in [4.78, 5) is 63.9. The van der Waals surface area contributed by atoms with Crippen molar-refractivity contribution in [2.75, 3.05) is 13.2 Å². The summed E-state index contributed by atoms with van der Waals surface area (Å²) in [6.07, 6.45) is 26.0. The average Bonchev–Trinajstić information content (AvgIpc) is 3.38. The molecule has 0 saturated heterocycles. The van der Waals surface area contributed by atoms with E-state index in [1.807, 2.05) is 0 Å². The Labute approximate surface area is 413 Å². The molecule has 0 spiro atoms. The van der Waals surface area contributed by atoms with E-state index < -0.39 is 29.3 Å². The molecule has 0 saturated carbocycles. The maximum atomic E-state index is 12.8.